The normalized spacial score (nSPS) is 12.1. The lowest BCUT2D eigenvalue weighted by atomic mass is 10.2. The number of ether oxygens (including phenoxy) is 1. The Morgan fingerprint density at radius 1 is 1.60 bits per heavy atom. The molecule has 0 heterocycles. The Morgan fingerprint density at radius 3 is 2.73 bits per heavy atom. The van der Waals surface area contributed by atoms with Crippen molar-refractivity contribution in [3.8, 4) is 5.75 Å². The van der Waals surface area contributed by atoms with Crippen LogP contribution in [0, 0.1) is 0 Å². The second-order valence-corrected chi connectivity index (χ2v) is 3.51. The second-order valence-electron chi connectivity index (χ2n) is 3.11. The van der Waals surface area contributed by atoms with Gasteiger partial charge in [0.1, 0.15) is 5.75 Å². The Labute approximate surface area is 93.1 Å². The molecular formula is C10H13ClN2O2. The number of anilines is 1. The molecule has 4 nitrogen and oxygen atoms in total. The van der Waals surface area contributed by atoms with Crippen LogP contribution in [0.1, 0.15) is 13.3 Å². The maximum atomic E-state index is 10.9. The minimum Gasteiger partial charge on any atom is -0.479 e. The Morgan fingerprint density at radius 2 is 2.27 bits per heavy atom. The summed E-state index contributed by atoms with van der Waals surface area (Å²) in [6.07, 6.45) is -0.165. The van der Waals surface area contributed by atoms with E-state index >= 15 is 0 Å². The lowest BCUT2D eigenvalue weighted by Crippen LogP contribution is -2.33. The maximum Gasteiger partial charge on any atom is 0.258 e. The largest absolute Gasteiger partial charge is 0.479 e. The molecule has 1 aromatic carbocycles. The molecule has 1 rings (SSSR count). The van der Waals surface area contributed by atoms with Crippen LogP contribution < -0.4 is 16.2 Å². The standard InChI is InChI=1S/C10H13ClN2O2/c1-2-8(10(13)14)15-9-4-3-6(12)5-7(9)11/h3-5,8H,2,12H2,1H3,(H2,13,14). The Hall–Kier alpha value is -1.42. The number of nitrogen functional groups attached to an aromatic ring is 1. The predicted octanol–water partition coefficient (Wildman–Crippen LogP) is 1.56. The molecular weight excluding hydrogens is 216 g/mol. The number of hydrogen-bond acceptors (Lipinski definition) is 3. The van der Waals surface area contributed by atoms with Gasteiger partial charge in [-0.2, -0.15) is 0 Å². The van der Waals surface area contributed by atoms with E-state index in [1.165, 1.54) is 0 Å². The van der Waals surface area contributed by atoms with Crippen LogP contribution in [0.15, 0.2) is 18.2 Å². The lowest BCUT2D eigenvalue weighted by Gasteiger charge is -2.15. The van der Waals surface area contributed by atoms with E-state index < -0.39 is 12.0 Å². The van der Waals surface area contributed by atoms with Gasteiger partial charge in [0.2, 0.25) is 0 Å². The summed E-state index contributed by atoms with van der Waals surface area (Å²) < 4.78 is 5.35. The van der Waals surface area contributed by atoms with Gasteiger partial charge in [-0.1, -0.05) is 18.5 Å². The molecule has 1 aromatic rings. The van der Waals surface area contributed by atoms with Crippen LogP contribution in [0.4, 0.5) is 5.69 Å². The van der Waals surface area contributed by atoms with Gasteiger partial charge in [0.25, 0.3) is 5.91 Å². The molecule has 4 N–H and O–H groups in total. The number of amides is 1. The van der Waals surface area contributed by atoms with E-state index in [1.807, 2.05) is 0 Å². The molecule has 1 amide bonds. The van der Waals surface area contributed by atoms with E-state index in [0.717, 1.165) is 0 Å². The van der Waals surface area contributed by atoms with Crippen LogP contribution in [0.2, 0.25) is 5.02 Å². The highest BCUT2D eigenvalue weighted by Gasteiger charge is 2.15. The number of nitrogens with two attached hydrogens (primary N) is 2. The molecule has 0 bridgehead atoms. The van der Waals surface area contributed by atoms with Gasteiger partial charge in [-0.3, -0.25) is 4.79 Å². The molecule has 0 aliphatic carbocycles. The molecule has 0 spiro atoms. The summed E-state index contributed by atoms with van der Waals surface area (Å²) in [5.41, 5.74) is 11.2. The third kappa shape index (κ3) is 3.02. The first-order valence-corrected chi connectivity index (χ1v) is 4.93. The smallest absolute Gasteiger partial charge is 0.258 e. The average molecular weight is 229 g/mol. The van der Waals surface area contributed by atoms with E-state index in [-0.39, 0.29) is 0 Å². The van der Waals surface area contributed by atoms with Crippen LogP contribution in [0.25, 0.3) is 0 Å². The summed E-state index contributed by atoms with van der Waals surface area (Å²) in [7, 11) is 0. The molecule has 5 heteroatoms. The molecule has 0 saturated carbocycles. The zero-order chi connectivity index (χ0) is 11.4. The van der Waals surface area contributed by atoms with Gasteiger partial charge >= 0.3 is 0 Å². The molecule has 1 atom stereocenters. The molecule has 0 saturated heterocycles. The highest BCUT2D eigenvalue weighted by Crippen LogP contribution is 2.27. The third-order valence-electron chi connectivity index (χ3n) is 1.91. The van der Waals surface area contributed by atoms with Gasteiger partial charge in [0.05, 0.1) is 5.02 Å². The summed E-state index contributed by atoms with van der Waals surface area (Å²) in [4.78, 5) is 10.9. The molecule has 0 aliphatic rings. The van der Waals surface area contributed by atoms with Crippen LogP contribution in [0.3, 0.4) is 0 Å². The zero-order valence-corrected chi connectivity index (χ0v) is 9.12. The Balaban J connectivity index is 2.84. The first kappa shape index (κ1) is 11.7. The third-order valence-corrected chi connectivity index (χ3v) is 2.21. The van der Waals surface area contributed by atoms with Crippen molar-refractivity contribution in [2.24, 2.45) is 5.73 Å². The minimum atomic E-state index is -0.661. The number of carbonyl (C=O) groups excluding carboxylic acids is 1. The van der Waals surface area contributed by atoms with Crippen molar-refractivity contribution in [2.45, 2.75) is 19.4 Å². The average Bonchev–Trinajstić information content (AvgIpc) is 2.16. The summed E-state index contributed by atoms with van der Waals surface area (Å²) in [6.45, 7) is 1.81. The van der Waals surface area contributed by atoms with Crippen molar-refractivity contribution < 1.29 is 9.53 Å². The van der Waals surface area contributed by atoms with Crippen LogP contribution in [-0.2, 0) is 4.79 Å². The fraction of sp³-hybridized carbons (Fsp3) is 0.300. The highest BCUT2D eigenvalue weighted by atomic mass is 35.5. The maximum absolute atomic E-state index is 10.9. The van der Waals surface area contributed by atoms with E-state index in [1.54, 1.807) is 25.1 Å². The van der Waals surface area contributed by atoms with Gasteiger partial charge in [-0.25, -0.2) is 0 Å². The van der Waals surface area contributed by atoms with Gasteiger partial charge in [-0.15, -0.1) is 0 Å². The molecule has 0 aromatic heterocycles. The molecule has 0 aliphatic heterocycles. The van der Waals surface area contributed by atoms with Crippen molar-refractivity contribution >= 4 is 23.2 Å². The van der Waals surface area contributed by atoms with E-state index in [2.05, 4.69) is 0 Å². The molecule has 1 unspecified atom stereocenters. The Bertz CT molecular complexity index is 368. The topological polar surface area (TPSA) is 78.3 Å². The molecule has 0 fully saturated rings. The van der Waals surface area contributed by atoms with Gasteiger partial charge in [0, 0.05) is 5.69 Å². The van der Waals surface area contributed by atoms with Gasteiger partial charge < -0.3 is 16.2 Å². The molecule has 82 valence electrons. The van der Waals surface area contributed by atoms with Crippen LogP contribution in [0.5, 0.6) is 5.75 Å². The first-order valence-electron chi connectivity index (χ1n) is 4.55. The predicted molar refractivity (Wildman–Crippen MR) is 59.8 cm³/mol. The van der Waals surface area contributed by atoms with Crippen molar-refractivity contribution in [2.75, 3.05) is 5.73 Å². The van der Waals surface area contributed by atoms with Crippen molar-refractivity contribution in [3.63, 3.8) is 0 Å². The number of carbonyl (C=O) groups is 1. The van der Waals surface area contributed by atoms with Crippen molar-refractivity contribution in [1.29, 1.82) is 0 Å². The van der Waals surface area contributed by atoms with E-state index in [4.69, 9.17) is 27.8 Å². The second kappa shape index (κ2) is 4.89. The molecule has 0 radical (unpaired) electrons. The number of primary amides is 1. The Kier molecular flexibility index (Phi) is 3.80. The van der Waals surface area contributed by atoms with E-state index in [0.29, 0.717) is 22.9 Å². The quantitative estimate of drug-likeness (QED) is 0.768. The summed E-state index contributed by atoms with van der Waals surface area (Å²) in [5.74, 6) is -0.0955. The van der Waals surface area contributed by atoms with Gasteiger partial charge in [0.15, 0.2) is 6.10 Å². The number of benzene rings is 1. The van der Waals surface area contributed by atoms with Crippen LogP contribution in [-0.4, -0.2) is 12.0 Å². The SMILES string of the molecule is CCC(Oc1ccc(N)cc1Cl)C(N)=O. The monoisotopic (exact) mass is 228 g/mol. The van der Waals surface area contributed by atoms with Gasteiger partial charge in [-0.05, 0) is 24.6 Å². The van der Waals surface area contributed by atoms with Crippen molar-refractivity contribution in [1.82, 2.24) is 0 Å². The number of halogens is 1. The summed E-state index contributed by atoms with van der Waals surface area (Å²) in [5, 5.41) is 0.370. The lowest BCUT2D eigenvalue weighted by molar-refractivity contribution is -0.124. The summed E-state index contributed by atoms with van der Waals surface area (Å²) in [6, 6.07) is 4.82. The minimum absolute atomic E-state index is 0.370. The summed E-state index contributed by atoms with van der Waals surface area (Å²) >= 11 is 5.88. The zero-order valence-electron chi connectivity index (χ0n) is 8.37. The first-order chi connectivity index (χ1) is 7.04. The number of hydrogen-bond donors (Lipinski definition) is 2. The molecule has 15 heavy (non-hydrogen) atoms. The van der Waals surface area contributed by atoms with Crippen LogP contribution >= 0.6 is 11.6 Å². The highest BCUT2D eigenvalue weighted by molar-refractivity contribution is 6.32. The number of rotatable bonds is 4. The fourth-order valence-electron chi connectivity index (χ4n) is 1.11. The van der Waals surface area contributed by atoms with Crippen molar-refractivity contribution in [3.05, 3.63) is 23.2 Å². The van der Waals surface area contributed by atoms with E-state index in [9.17, 15) is 4.79 Å². The fourth-order valence-corrected chi connectivity index (χ4v) is 1.34.